The summed E-state index contributed by atoms with van der Waals surface area (Å²) in [5, 5.41) is 0. The Labute approximate surface area is 54.7 Å². The van der Waals surface area contributed by atoms with Gasteiger partial charge in [-0.15, -0.1) is 0 Å². The largest absolute Gasteiger partial charge is 0.324 e. The van der Waals surface area contributed by atoms with Crippen molar-refractivity contribution in [1.82, 2.24) is 0 Å². The average Bonchev–Trinajstić information content (AvgIpc) is 2.14. The Hall–Kier alpha value is -0.630. The first kappa shape index (κ1) is 6.49. The summed E-state index contributed by atoms with van der Waals surface area (Å²) >= 11 is 0. The van der Waals surface area contributed by atoms with Crippen molar-refractivity contribution in [3.05, 3.63) is 12.2 Å². The molecule has 0 aromatic carbocycles. The van der Waals surface area contributed by atoms with E-state index in [9.17, 15) is 4.79 Å². The third-order valence-electron chi connectivity index (χ3n) is 1.64. The topological polar surface area (TPSA) is 43.1 Å². The first-order valence-corrected chi connectivity index (χ1v) is 3.14. The van der Waals surface area contributed by atoms with Gasteiger partial charge in [-0.2, -0.15) is 0 Å². The predicted molar refractivity (Wildman–Crippen MR) is 35.9 cm³/mol. The second-order valence-corrected chi connectivity index (χ2v) is 2.50. The third-order valence-corrected chi connectivity index (χ3v) is 1.64. The normalized spacial score (nSPS) is 33.1. The van der Waals surface area contributed by atoms with Crippen molar-refractivity contribution in [2.45, 2.75) is 19.4 Å². The Balaban J connectivity index is 2.50. The zero-order valence-corrected chi connectivity index (χ0v) is 5.50. The summed E-state index contributed by atoms with van der Waals surface area (Å²) in [6.45, 7) is 1.60. The maximum atomic E-state index is 10.7. The number of carbonyl (C=O) groups is 1. The Morgan fingerprint density at radius 2 is 2.33 bits per heavy atom. The summed E-state index contributed by atoms with van der Waals surface area (Å²) < 4.78 is 0. The van der Waals surface area contributed by atoms with Crippen molar-refractivity contribution in [1.29, 1.82) is 0 Å². The van der Waals surface area contributed by atoms with Gasteiger partial charge in [-0.1, -0.05) is 12.2 Å². The van der Waals surface area contributed by atoms with Crippen LogP contribution in [0, 0.1) is 5.92 Å². The Morgan fingerprint density at radius 3 is 2.56 bits per heavy atom. The molecular formula is C7H11NO. The highest BCUT2D eigenvalue weighted by Gasteiger charge is 2.18. The van der Waals surface area contributed by atoms with E-state index in [2.05, 4.69) is 0 Å². The first-order chi connectivity index (χ1) is 4.20. The minimum Gasteiger partial charge on any atom is -0.324 e. The van der Waals surface area contributed by atoms with Crippen molar-refractivity contribution in [3.63, 3.8) is 0 Å². The second kappa shape index (κ2) is 2.31. The fraction of sp³-hybridized carbons (Fsp3) is 0.571. The van der Waals surface area contributed by atoms with Crippen molar-refractivity contribution >= 4 is 5.78 Å². The highest BCUT2D eigenvalue weighted by Crippen LogP contribution is 2.16. The molecule has 1 rings (SSSR count). The Bertz CT molecular complexity index is 151. The van der Waals surface area contributed by atoms with E-state index in [0.29, 0.717) is 0 Å². The molecule has 0 saturated heterocycles. The smallest absolute Gasteiger partial charge is 0.136 e. The number of rotatable bonds is 1. The van der Waals surface area contributed by atoms with Crippen LogP contribution in [-0.2, 0) is 4.79 Å². The molecule has 0 radical (unpaired) electrons. The lowest BCUT2D eigenvalue weighted by Gasteiger charge is -2.02. The Morgan fingerprint density at radius 1 is 1.67 bits per heavy atom. The molecule has 0 fully saturated rings. The first-order valence-electron chi connectivity index (χ1n) is 3.14. The van der Waals surface area contributed by atoms with E-state index in [1.165, 1.54) is 0 Å². The summed E-state index contributed by atoms with van der Waals surface area (Å²) in [5.41, 5.74) is 5.52. The van der Waals surface area contributed by atoms with E-state index in [1.807, 2.05) is 12.2 Å². The molecule has 0 spiro atoms. The van der Waals surface area contributed by atoms with Crippen LogP contribution >= 0.6 is 0 Å². The van der Waals surface area contributed by atoms with Gasteiger partial charge in [0.25, 0.3) is 0 Å². The molecule has 0 aromatic heterocycles. The number of ketones is 1. The summed E-state index contributed by atoms with van der Waals surface area (Å²) in [7, 11) is 0. The van der Waals surface area contributed by atoms with Crippen LogP contribution in [-0.4, -0.2) is 11.8 Å². The minimum absolute atomic E-state index is 0.0972. The van der Waals surface area contributed by atoms with Crippen LogP contribution in [0.2, 0.25) is 0 Å². The van der Waals surface area contributed by atoms with Crippen LogP contribution in [0.5, 0.6) is 0 Å². The monoisotopic (exact) mass is 125 g/mol. The quantitative estimate of drug-likeness (QED) is 0.518. The molecule has 0 amide bonds. The highest BCUT2D eigenvalue weighted by molar-refractivity contribution is 5.80. The standard InChI is InChI=1S/C7H11NO/c1-5(9)6-2-3-7(8)4-6/h2-3,6-7H,4,8H2,1H3. The second-order valence-electron chi connectivity index (χ2n) is 2.50. The van der Waals surface area contributed by atoms with Crippen LogP contribution < -0.4 is 5.73 Å². The number of carbonyl (C=O) groups excluding carboxylic acids is 1. The number of hydrogen-bond donors (Lipinski definition) is 1. The number of hydrogen-bond acceptors (Lipinski definition) is 2. The van der Waals surface area contributed by atoms with Crippen LogP contribution in [0.4, 0.5) is 0 Å². The highest BCUT2D eigenvalue weighted by atomic mass is 16.1. The molecule has 0 aliphatic heterocycles. The van der Waals surface area contributed by atoms with Gasteiger partial charge in [-0.05, 0) is 13.3 Å². The molecular weight excluding hydrogens is 114 g/mol. The lowest BCUT2D eigenvalue weighted by molar-refractivity contribution is -0.119. The summed E-state index contributed by atoms with van der Waals surface area (Å²) in [4.78, 5) is 10.7. The van der Waals surface area contributed by atoms with E-state index in [-0.39, 0.29) is 17.7 Å². The van der Waals surface area contributed by atoms with Gasteiger partial charge < -0.3 is 5.73 Å². The lowest BCUT2D eigenvalue weighted by atomic mass is 10.0. The van der Waals surface area contributed by atoms with E-state index < -0.39 is 0 Å². The number of Topliss-reactive ketones (excluding diaryl/α,β-unsaturated/α-hetero) is 1. The van der Waals surface area contributed by atoms with E-state index >= 15 is 0 Å². The molecule has 0 saturated carbocycles. The molecule has 2 unspecified atom stereocenters. The van der Waals surface area contributed by atoms with Gasteiger partial charge in [-0.3, -0.25) is 4.79 Å². The van der Waals surface area contributed by atoms with Crippen LogP contribution in [0.1, 0.15) is 13.3 Å². The third kappa shape index (κ3) is 1.39. The minimum atomic E-state index is 0.0972. The van der Waals surface area contributed by atoms with Crippen molar-refractivity contribution < 1.29 is 4.79 Å². The molecule has 2 atom stereocenters. The molecule has 2 heteroatoms. The van der Waals surface area contributed by atoms with Gasteiger partial charge in [0.1, 0.15) is 5.78 Å². The molecule has 1 aliphatic carbocycles. The molecule has 0 heterocycles. The molecule has 9 heavy (non-hydrogen) atoms. The maximum Gasteiger partial charge on any atom is 0.136 e. The van der Waals surface area contributed by atoms with Gasteiger partial charge in [0.2, 0.25) is 0 Å². The SMILES string of the molecule is CC(=O)C1C=CC(N)C1. The van der Waals surface area contributed by atoms with Crippen LogP contribution in [0.25, 0.3) is 0 Å². The summed E-state index contributed by atoms with van der Waals surface area (Å²) in [5.74, 6) is 0.319. The predicted octanol–water partition coefficient (Wildman–Crippen LogP) is 0.479. The fourth-order valence-corrected chi connectivity index (χ4v) is 1.03. The van der Waals surface area contributed by atoms with Crippen molar-refractivity contribution in [2.24, 2.45) is 11.7 Å². The van der Waals surface area contributed by atoms with Gasteiger partial charge >= 0.3 is 0 Å². The van der Waals surface area contributed by atoms with Gasteiger partial charge in [-0.25, -0.2) is 0 Å². The number of allylic oxidation sites excluding steroid dienone is 1. The van der Waals surface area contributed by atoms with E-state index in [1.54, 1.807) is 6.92 Å². The lowest BCUT2D eigenvalue weighted by Crippen LogP contribution is -2.17. The van der Waals surface area contributed by atoms with Crippen molar-refractivity contribution in [2.75, 3.05) is 0 Å². The maximum absolute atomic E-state index is 10.7. The molecule has 1 aliphatic rings. The zero-order chi connectivity index (χ0) is 6.85. The number of nitrogens with two attached hydrogens (primary N) is 1. The Kier molecular flexibility index (Phi) is 1.67. The molecule has 0 bridgehead atoms. The fourth-order valence-electron chi connectivity index (χ4n) is 1.03. The summed E-state index contributed by atoms with van der Waals surface area (Å²) in [6, 6.07) is 0.110. The van der Waals surface area contributed by atoms with Gasteiger partial charge in [0.15, 0.2) is 0 Å². The molecule has 2 nitrogen and oxygen atoms in total. The van der Waals surface area contributed by atoms with Gasteiger partial charge in [0, 0.05) is 12.0 Å². The van der Waals surface area contributed by atoms with E-state index in [4.69, 9.17) is 5.73 Å². The van der Waals surface area contributed by atoms with Gasteiger partial charge in [0.05, 0.1) is 0 Å². The van der Waals surface area contributed by atoms with Crippen LogP contribution in [0.3, 0.4) is 0 Å². The average molecular weight is 125 g/mol. The van der Waals surface area contributed by atoms with Crippen molar-refractivity contribution in [3.8, 4) is 0 Å². The van der Waals surface area contributed by atoms with Crippen LogP contribution in [0.15, 0.2) is 12.2 Å². The molecule has 2 N–H and O–H groups in total. The zero-order valence-electron chi connectivity index (χ0n) is 5.50. The van der Waals surface area contributed by atoms with E-state index in [0.717, 1.165) is 6.42 Å². The molecule has 50 valence electrons. The molecule has 0 aromatic rings. The summed E-state index contributed by atoms with van der Waals surface area (Å²) in [6.07, 6.45) is 4.59.